The molecule has 0 aliphatic carbocycles. The Balaban J connectivity index is 1.80. The van der Waals surface area contributed by atoms with Crippen LogP contribution < -0.4 is 5.32 Å². The van der Waals surface area contributed by atoms with Gasteiger partial charge in [-0.3, -0.25) is 0 Å². The van der Waals surface area contributed by atoms with Crippen LogP contribution in [0.5, 0.6) is 0 Å². The highest BCUT2D eigenvalue weighted by atomic mass is 32.1. The summed E-state index contributed by atoms with van der Waals surface area (Å²) in [4.78, 5) is 6.98. The van der Waals surface area contributed by atoms with Gasteiger partial charge in [-0.05, 0) is 25.2 Å². The van der Waals surface area contributed by atoms with Gasteiger partial charge in [-0.25, -0.2) is 4.98 Å². The molecule has 1 aliphatic rings. The molecule has 5 nitrogen and oxygen atoms in total. The highest BCUT2D eigenvalue weighted by Gasteiger charge is 2.23. The van der Waals surface area contributed by atoms with Crippen molar-refractivity contribution in [3.05, 3.63) is 5.82 Å². The summed E-state index contributed by atoms with van der Waals surface area (Å²) < 4.78 is 9.30. The molecule has 0 amide bonds. The van der Waals surface area contributed by atoms with Crippen molar-refractivity contribution in [1.29, 1.82) is 0 Å². The van der Waals surface area contributed by atoms with Gasteiger partial charge in [0.1, 0.15) is 6.61 Å². The van der Waals surface area contributed by atoms with Crippen LogP contribution in [0.2, 0.25) is 0 Å². The van der Waals surface area contributed by atoms with E-state index in [1.165, 1.54) is 31.0 Å². The second kappa shape index (κ2) is 7.33. The summed E-state index contributed by atoms with van der Waals surface area (Å²) >= 11 is 1.41. The summed E-state index contributed by atoms with van der Waals surface area (Å²) in [6.45, 7) is 10.9. The second-order valence-corrected chi connectivity index (χ2v) is 6.91. The van der Waals surface area contributed by atoms with Crippen molar-refractivity contribution >= 4 is 16.7 Å². The van der Waals surface area contributed by atoms with E-state index < -0.39 is 0 Å². The first-order valence-corrected chi connectivity index (χ1v) is 8.14. The van der Waals surface area contributed by atoms with Gasteiger partial charge in [0.2, 0.25) is 5.13 Å². The van der Waals surface area contributed by atoms with Gasteiger partial charge in [0, 0.05) is 44.3 Å². The predicted molar refractivity (Wildman–Crippen MR) is 83.1 cm³/mol. The summed E-state index contributed by atoms with van der Waals surface area (Å²) in [6, 6.07) is 0.385. The molecule has 0 aromatic carbocycles. The molecule has 3 atom stereocenters. The zero-order chi connectivity index (χ0) is 14.5. The monoisotopic (exact) mass is 298 g/mol. The zero-order valence-corrected chi connectivity index (χ0v) is 13.7. The molecule has 1 N–H and O–H groups in total. The molecule has 3 unspecified atom stereocenters. The molecule has 0 bridgehead atoms. The summed E-state index contributed by atoms with van der Waals surface area (Å²) in [5.74, 6) is 2.37. The van der Waals surface area contributed by atoms with E-state index >= 15 is 0 Å². The minimum atomic E-state index is 0.385. The van der Waals surface area contributed by atoms with Gasteiger partial charge in [0.05, 0.1) is 0 Å². The van der Waals surface area contributed by atoms with Crippen molar-refractivity contribution in [3.8, 4) is 0 Å². The molecular formula is C14H26N4OS. The molecule has 2 heterocycles. The molecule has 20 heavy (non-hydrogen) atoms. The number of anilines is 1. The smallest absolute Gasteiger partial charge is 0.202 e. The van der Waals surface area contributed by atoms with Gasteiger partial charge in [0.15, 0.2) is 5.82 Å². The van der Waals surface area contributed by atoms with Crippen molar-refractivity contribution in [3.63, 3.8) is 0 Å². The van der Waals surface area contributed by atoms with Crippen molar-refractivity contribution in [2.45, 2.75) is 39.8 Å². The van der Waals surface area contributed by atoms with E-state index in [1.807, 2.05) is 0 Å². The molecule has 1 saturated heterocycles. The second-order valence-electron chi connectivity index (χ2n) is 6.16. The first-order chi connectivity index (χ1) is 9.56. The molecule has 0 spiro atoms. The van der Waals surface area contributed by atoms with Crippen LogP contribution in [0.4, 0.5) is 5.13 Å². The molecule has 1 aliphatic heterocycles. The first-order valence-electron chi connectivity index (χ1n) is 7.37. The number of hydrogen-bond donors (Lipinski definition) is 1. The van der Waals surface area contributed by atoms with Gasteiger partial charge in [-0.15, -0.1) is 0 Å². The molecule has 1 fully saturated rings. The lowest BCUT2D eigenvalue weighted by Crippen LogP contribution is -2.43. The van der Waals surface area contributed by atoms with Crippen LogP contribution in [-0.2, 0) is 11.3 Å². The van der Waals surface area contributed by atoms with Crippen LogP contribution in [0.15, 0.2) is 0 Å². The maximum absolute atomic E-state index is 5.04. The minimum Gasteiger partial charge on any atom is -0.377 e. The third kappa shape index (κ3) is 4.68. The summed E-state index contributed by atoms with van der Waals surface area (Å²) in [5, 5.41) is 4.34. The van der Waals surface area contributed by atoms with Crippen LogP contribution in [0, 0.1) is 11.8 Å². The van der Waals surface area contributed by atoms with Crippen molar-refractivity contribution < 1.29 is 4.74 Å². The number of aromatic nitrogens is 2. The topological polar surface area (TPSA) is 50.3 Å². The molecule has 1 aromatic rings. The van der Waals surface area contributed by atoms with E-state index in [-0.39, 0.29) is 0 Å². The Kier molecular flexibility index (Phi) is 5.74. The number of nitrogens with one attached hydrogen (secondary N) is 1. The van der Waals surface area contributed by atoms with Crippen molar-refractivity contribution in [1.82, 2.24) is 14.3 Å². The SMILES string of the molecule is COCc1nsc(NC(C)CN2CC(C)CC(C)C2)n1. The van der Waals surface area contributed by atoms with E-state index in [9.17, 15) is 0 Å². The van der Waals surface area contributed by atoms with Crippen molar-refractivity contribution in [2.24, 2.45) is 11.8 Å². The standard InChI is InChI=1S/C14H26N4OS/c1-10-5-11(2)7-18(6-10)8-12(3)15-14-16-13(9-19-4)17-20-14/h10-12H,5-9H2,1-4H3,(H,15,16,17). The third-order valence-corrected chi connectivity index (χ3v) is 4.27. The normalized spacial score (nSPS) is 25.6. The van der Waals surface area contributed by atoms with Crippen LogP contribution in [-0.4, -0.2) is 47.0 Å². The Bertz CT molecular complexity index is 402. The quantitative estimate of drug-likeness (QED) is 0.874. The van der Waals surface area contributed by atoms with Crippen LogP contribution in [0.3, 0.4) is 0 Å². The minimum absolute atomic E-state index is 0.385. The van der Waals surface area contributed by atoms with E-state index in [4.69, 9.17) is 4.74 Å². The maximum Gasteiger partial charge on any atom is 0.202 e. The Morgan fingerprint density at radius 2 is 2.10 bits per heavy atom. The fraction of sp³-hybridized carbons (Fsp3) is 0.857. The van der Waals surface area contributed by atoms with Gasteiger partial charge >= 0.3 is 0 Å². The largest absolute Gasteiger partial charge is 0.377 e. The number of hydrogen-bond acceptors (Lipinski definition) is 6. The highest BCUT2D eigenvalue weighted by molar-refractivity contribution is 7.09. The number of likely N-dealkylation sites (tertiary alicyclic amines) is 1. The fourth-order valence-electron chi connectivity index (χ4n) is 3.09. The summed E-state index contributed by atoms with van der Waals surface area (Å²) in [7, 11) is 1.66. The molecule has 0 saturated carbocycles. The van der Waals surface area contributed by atoms with Crippen LogP contribution in [0.25, 0.3) is 0 Å². The fourth-order valence-corrected chi connectivity index (χ4v) is 3.77. The highest BCUT2D eigenvalue weighted by Crippen LogP contribution is 2.21. The average Bonchev–Trinajstić information content (AvgIpc) is 2.75. The third-order valence-electron chi connectivity index (χ3n) is 3.59. The number of piperidine rings is 1. The molecule has 1 aromatic heterocycles. The Morgan fingerprint density at radius 3 is 2.75 bits per heavy atom. The van der Waals surface area contributed by atoms with Gasteiger partial charge in [-0.1, -0.05) is 13.8 Å². The number of methoxy groups -OCH3 is 1. The zero-order valence-electron chi connectivity index (χ0n) is 12.9. The number of rotatable bonds is 6. The van der Waals surface area contributed by atoms with Crippen molar-refractivity contribution in [2.75, 3.05) is 32.1 Å². The van der Waals surface area contributed by atoms with Crippen LogP contribution >= 0.6 is 11.5 Å². The molecule has 114 valence electrons. The number of ether oxygens (including phenoxy) is 1. The molecular weight excluding hydrogens is 272 g/mol. The lowest BCUT2D eigenvalue weighted by Gasteiger charge is -2.36. The summed E-state index contributed by atoms with van der Waals surface area (Å²) in [5.41, 5.74) is 0. The molecule has 2 rings (SSSR count). The Morgan fingerprint density at radius 1 is 1.40 bits per heavy atom. The maximum atomic E-state index is 5.04. The lowest BCUT2D eigenvalue weighted by atomic mass is 9.92. The van der Waals surface area contributed by atoms with E-state index in [1.54, 1.807) is 7.11 Å². The van der Waals surface area contributed by atoms with Gasteiger partial charge < -0.3 is 15.0 Å². The lowest BCUT2D eigenvalue weighted by molar-refractivity contribution is 0.138. The first kappa shape index (κ1) is 15.7. The van der Waals surface area contributed by atoms with E-state index in [0.29, 0.717) is 12.6 Å². The van der Waals surface area contributed by atoms with E-state index in [0.717, 1.165) is 29.3 Å². The molecule has 6 heteroatoms. The summed E-state index contributed by atoms with van der Waals surface area (Å²) in [6.07, 6.45) is 1.36. The Labute approximate surface area is 125 Å². The molecule has 0 radical (unpaired) electrons. The van der Waals surface area contributed by atoms with E-state index in [2.05, 4.69) is 40.3 Å². The predicted octanol–water partition coefficient (Wildman–Crippen LogP) is 2.46. The number of nitrogens with zero attached hydrogens (tertiary/aromatic N) is 3. The van der Waals surface area contributed by atoms with Gasteiger partial charge in [-0.2, -0.15) is 4.37 Å². The van der Waals surface area contributed by atoms with Crippen LogP contribution in [0.1, 0.15) is 33.0 Å². The van der Waals surface area contributed by atoms with Gasteiger partial charge in [0.25, 0.3) is 0 Å². The average molecular weight is 298 g/mol. The Hall–Kier alpha value is -0.720.